The van der Waals surface area contributed by atoms with Crippen LogP contribution < -0.4 is 5.56 Å². The Balaban J connectivity index is 2.38. The van der Waals surface area contributed by atoms with Gasteiger partial charge < -0.3 is 4.98 Å². The Labute approximate surface area is 96.0 Å². The van der Waals surface area contributed by atoms with Gasteiger partial charge in [-0.3, -0.25) is 14.5 Å². The van der Waals surface area contributed by atoms with Crippen molar-refractivity contribution >= 4 is 10.9 Å². The molecule has 0 spiro atoms. The Bertz CT molecular complexity index is 743. The number of aryl methyl sites for hydroxylation is 1. The van der Waals surface area contributed by atoms with E-state index in [1.165, 1.54) is 6.33 Å². The molecule has 17 heavy (non-hydrogen) atoms. The number of H-pyrrole nitrogens is 1. The Morgan fingerprint density at radius 2 is 2.18 bits per heavy atom. The summed E-state index contributed by atoms with van der Waals surface area (Å²) in [5.41, 5.74) is 1.72. The lowest BCUT2D eigenvalue weighted by atomic mass is 10.2. The van der Waals surface area contributed by atoms with E-state index < -0.39 is 0 Å². The lowest BCUT2D eigenvalue weighted by Gasteiger charge is -2.00. The molecule has 0 aliphatic rings. The predicted molar refractivity (Wildman–Crippen MR) is 62.4 cm³/mol. The van der Waals surface area contributed by atoms with Crippen LogP contribution in [0.4, 0.5) is 0 Å². The first-order valence-electron chi connectivity index (χ1n) is 5.08. The summed E-state index contributed by atoms with van der Waals surface area (Å²) in [6.45, 7) is 0. The molecule has 0 unspecified atom stereocenters. The molecule has 0 radical (unpaired) electrons. The van der Waals surface area contributed by atoms with E-state index in [9.17, 15) is 4.79 Å². The molecule has 3 aromatic heterocycles. The predicted octanol–water partition coefficient (Wildman–Crippen LogP) is 0.719. The van der Waals surface area contributed by atoms with Crippen molar-refractivity contribution in [2.75, 3.05) is 0 Å². The topological polar surface area (TPSA) is 76.5 Å². The summed E-state index contributed by atoms with van der Waals surface area (Å²) in [5.74, 6) is 0. The highest BCUT2D eigenvalue weighted by Crippen LogP contribution is 2.20. The highest BCUT2D eigenvalue weighted by molar-refractivity contribution is 5.89. The first-order valence-corrected chi connectivity index (χ1v) is 5.08. The fourth-order valence-corrected chi connectivity index (χ4v) is 1.73. The largest absolute Gasteiger partial charge is 0.313 e. The van der Waals surface area contributed by atoms with Crippen LogP contribution in [0.1, 0.15) is 0 Å². The average Bonchev–Trinajstić information content (AvgIpc) is 2.76. The summed E-state index contributed by atoms with van der Waals surface area (Å²) in [4.78, 5) is 22.6. The highest BCUT2D eigenvalue weighted by atomic mass is 16.1. The van der Waals surface area contributed by atoms with Gasteiger partial charge in [0.1, 0.15) is 16.9 Å². The molecule has 0 saturated carbocycles. The Morgan fingerprint density at radius 3 is 2.94 bits per heavy atom. The summed E-state index contributed by atoms with van der Waals surface area (Å²) in [6, 6.07) is 3.48. The van der Waals surface area contributed by atoms with Crippen molar-refractivity contribution in [3.63, 3.8) is 0 Å². The van der Waals surface area contributed by atoms with E-state index in [4.69, 9.17) is 0 Å². The fraction of sp³-hybridized carbons (Fsp3) is 0.0909. The second-order valence-electron chi connectivity index (χ2n) is 3.66. The zero-order valence-corrected chi connectivity index (χ0v) is 9.08. The van der Waals surface area contributed by atoms with Gasteiger partial charge in [0.15, 0.2) is 0 Å². The second-order valence-corrected chi connectivity index (χ2v) is 3.66. The number of aromatic nitrogens is 5. The molecule has 0 atom stereocenters. The molecule has 6 nitrogen and oxygen atoms in total. The molecule has 0 aromatic carbocycles. The van der Waals surface area contributed by atoms with Crippen molar-refractivity contribution in [2.45, 2.75) is 0 Å². The molecule has 3 heterocycles. The number of fused-ring (bicyclic) bond motifs is 1. The molecule has 3 rings (SSSR count). The van der Waals surface area contributed by atoms with Crippen molar-refractivity contribution in [3.8, 4) is 11.4 Å². The quantitative estimate of drug-likeness (QED) is 0.664. The van der Waals surface area contributed by atoms with Gasteiger partial charge in [-0.2, -0.15) is 5.10 Å². The van der Waals surface area contributed by atoms with Crippen molar-refractivity contribution < 1.29 is 0 Å². The van der Waals surface area contributed by atoms with Gasteiger partial charge in [-0.1, -0.05) is 0 Å². The number of pyridine rings is 1. The minimum Gasteiger partial charge on any atom is -0.313 e. The van der Waals surface area contributed by atoms with Crippen LogP contribution in [0.5, 0.6) is 0 Å². The van der Waals surface area contributed by atoms with Crippen LogP contribution >= 0.6 is 0 Å². The normalized spacial score (nSPS) is 10.9. The van der Waals surface area contributed by atoms with Gasteiger partial charge in [-0.25, -0.2) is 4.98 Å². The maximum atomic E-state index is 11.6. The summed E-state index contributed by atoms with van der Waals surface area (Å²) in [7, 11) is 1.83. The van der Waals surface area contributed by atoms with Gasteiger partial charge in [0, 0.05) is 19.4 Å². The number of aromatic amines is 1. The molecule has 3 aromatic rings. The minimum absolute atomic E-state index is 0.172. The van der Waals surface area contributed by atoms with Crippen molar-refractivity contribution in [1.82, 2.24) is 24.7 Å². The van der Waals surface area contributed by atoms with E-state index in [0.717, 1.165) is 0 Å². The zero-order chi connectivity index (χ0) is 11.8. The van der Waals surface area contributed by atoms with Crippen molar-refractivity contribution in [3.05, 3.63) is 41.2 Å². The van der Waals surface area contributed by atoms with Crippen LogP contribution in [0.3, 0.4) is 0 Å². The van der Waals surface area contributed by atoms with Gasteiger partial charge in [0.2, 0.25) is 0 Å². The maximum Gasteiger partial charge on any atom is 0.258 e. The highest BCUT2D eigenvalue weighted by Gasteiger charge is 2.10. The molecule has 1 N–H and O–H groups in total. The molecule has 0 bridgehead atoms. The molecule has 84 valence electrons. The standard InChI is InChI=1S/C11H9N5O/c1-16-5-3-8(15-16)10-9-7(2-4-12-10)11(17)14-6-13-9/h2-6H,1H3,(H,13,14,17). The number of nitrogens with one attached hydrogen (secondary N) is 1. The van der Waals surface area contributed by atoms with E-state index >= 15 is 0 Å². The van der Waals surface area contributed by atoms with Crippen LogP contribution in [0.15, 0.2) is 35.6 Å². The first-order chi connectivity index (χ1) is 8.25. The summed E-state index contributed by atoms with van der Waals surface area (Å²) < 4.78 is 1.68. The van der Waals surface area contributed by atoms with Crippen LogP contribution in [0, 0.1) is 0 Å². The Hall–Kier alpha value is -2.50. The molecule has 0 amide bonds. The summed E-state index contributed by atoms with van der Waals surface area (Å²) >= 11 is 0. The minimum atomic E-state index is -0.172. The van der Waals surface area contributed by atoms with Gasteiger partial charge in [-0.05, 0) is 12.1 Å². The maximum absolute atomic E-state index is 11.6. The summed E-state index contributed by atoms with van der Waals surface area (Å²) in [5, 5.41) is 4.78. The number of hydrogen-bond donors (Lipinski definition) is 1. The molecule has 0 fully saturated rings. The number of rotatable bonds is 1. The summed E-state index contributed by atoms with van der Waals surface area (Å²) in [6.07, 6.45) is 4.78. The third kappa shape index (κ3) is 1.50. The number of nitrogens with zero attached hydrogens (tertiary/aromatic N) is 4. The van der Waals surface area contributed by atoms with E-state index in [0.29, 0.717) is 22.3 Å². The third-order valence-corrected chi connectivity index (χ3v) is 2.51. The van der Waals surface area contributed by atoms with Crippen LogP contribution in [-0.4, -0.2) is 24.7 Å². The number of hydrogen-bond acceptors (Lipinski definition) is 4. The van der Waals surface area contributed by atoms with Crippen LogP contribution in [0.2, 0.25) is 0 Å². The van der Waals surface area contributed by atoms with Gasteiger partial charge in [-0.15, -0.1) is 0 Å². The van der Waals surface area contributed by atoms with E-state index in [1.54, 1.807) is 16.9 Å². The van der Waals surface area contributed by atoms with E-state index in [-0.39, 0.29) is 5.56 Å². The molecule has 0 aliphatic carbocycles. The van der Waals surface area contributed by atoms with E-state index in [1.807, 2.05) is 19.3 Å². The molecule has 0 saturated heterocycles. The van der Waals surface area contributed by atoms with Crippen molar-refractivity contribution in [1.29, 1.82) is 0 Å². The third-order valence-electron chi connectivity index (χ3n) is 2.51. The van der Waals surface area contributed by atoms with Crippen LogP contribution in [-0.2, 0) is 7.05 Å². The first kappa shape index (κ1) is 9.71. The molecular formula is C11H9N5O. The molecular weight excluding hydrogens is 218 g/mol. The monoisotopic (exact) mass is 227 g/mol. The van der Waals surface area contributed by atoms with Gasteiger partial charge >= 0.3 is 0 Å². The fourth-order valence-electron chi connectivity index (χ4n) is 1.73. The van der Waals surface area contributed by atoms with Crippen molar-refractivity contribution in [2.24, 2.45) is 7.05 Å². The van der Waals surface area contributed by atoms with E-state index in [2.05, 4.69) is 20.1 Å². The smallest absolute Gasteiger partial charge is 0.258 e. The van der Waals surface area contributed by atoms with Crippen LogP contribution in [0.25, 0.3) is 22.3 Å². The lowest BCUT2D eigenvalue weighted by molar-refractivity contribution is 0.770. The SMILES string of the molecule is Cn1ccc(-c2nccc3c(=O)[nH]cnc23)n1. The Morgan fingerprint density at radius 1 is 1.29 bits per heavy atom. The van der Waals surface area contributed by atoms with Gasteiger partial charge in [0.25, 0.3) is 5.56 Å². The molecule has 0 aliphatic heterocycles. The second kappa shape index (κ2) is 3.51. The Kier molecular flexibility index (Phi) is 2.01. The van der Waals surface area contributed by atoms with Gasteiger partial charge in [0.05, 0.1) is 11.7 Å². The molecule has 6 heteroatoms. The lowest BCUT2D eigenvalue weighted by Crippen LogP contribution is -2.07. The average molecular weight is 227 g/mol. The zero-order valence-electron chi connectivity index (χ0n) is 9.08.